The Labute approximate surface area is 90.8 Å². The fourth-order valence-electron chi connectivity index (χ4n) is 0.851. The number of nitrogens with one attached hydrogen (secondary N) is 1. The molecule has 15 heavy (non-hydrogen) atoms. The maximum Gasteiger partial charge on any atom is 0.234 e. The van der Waals surface area contributed by atoms with Crippen LogP contribution in [0.2, 0.25) is 0 Å². The molecule has 0 rings (SSSR count). The minimum absolute atomic E-state index is 0.0475. The van der Waals surface area contributed by atoms with Crippen molar-refractivity contribution in [2.45, 2.75) is 0 Å². The van der Waals surface area contributed by atoms with Crippen LogP contribution < -0.4 is 5.32 Å². The number of likely N-dealkylation sites (N-methyl/N-ethyl adjacent to an activating group) is 1. The van der Waals surface area contributed by atoms with Crippen LogP contribution in [0.4, 0.5) is 0 Å². The zero-order valence-electron chi connectivity index (χ0n) is 8.99. The fraction of sp³-hybridized carbons (Fsp3) is 0.667. The maximum atomic E-state index is 11.1. The van der Waals surface area contributed by atoms with E-state index < -0.39 is 9.84 Å². The molecular formula is C9H16N2O3S. The van der Waals surface area contributed by atoms with Crippen molar-refractivity contribution < 1.29 is 13.2 Å². The Morgan fingerprint density at radius 1 is 1.53 bits per heavy atom. The van der Waals surface area contributed by atoms with Crippen molar-refractivity contribution in [2.24, 2.45) is 0 Å². The van der Waals surface area contributed by atoms with Gasteiger partial charge < -0.3 is 5.32 Å². The molecule has 0 heterocycles. The summed E-state index contributed by atoms with van der Waals surface area (Å²) in [6.45, 7) is 0.679. The Morgan fingerprint density at radius 3 is 2.60 bits per heavy atom. The van der Waals surface area contributed by atoms with Gasteiger partial charge in [-0.25, -0.2) is 8.42 Å². The van der Waals surface area contributed by atoms with E-state index in [0.29, 0.717) is 6.54 Å². The lowest BCUT2D eigenvalue weighted by atomic mass is 10.5. The van der Waals surface area contributed by atoms with Crippen LogP contribution in [0.25, 0.3) is 0 Å². The van der Waals surface area contributed by atoms with Gasteiger partial charge in [-0.15, -0.1) is 6.42 Å². The summed E-state index contributed by atoms with van der Waals surface area (Å²) in [4.78, 5) is 12.8. The number of rotatable bonds is 6. The Balaban J connectivity index is 3.80. The minimum Gasteiger partial charge on any atom is -0.344 e. The van der Waals surface area contributed by atoms with Crippen molar-refractivity contribution in [3.8, 4) is 12.3 Å². The topological polar surface area (TPSA) is 66.5 Å². The van der Waals surface area contributed by atoms with E-state index in [2.05, 4.69) is 11.2 Å². The number of nitrogens with zero attached hydrogens (tertiary/aromatic N) is 1. The normalized spacial score (nSPS) is 11.1. The van der Waals surface area contributed by atoms with Crippen LogP contribution in [0.5, 0.6) is 0 Å². The summed E-state index contributed by atoms with van der Waals surface area (Å²) in [5.41, 5.74) is 0. The molecule has 0 aliphatic carbocycles. The number of sulfone groups is 1. The summed E-state index contributed by atoms with van der Waals surface area (Å²) in [7, 11) is -1.30. The van der Waals surface area contributed by atoms with Crippen molar-refractivity contribution in [1.82, 2.24) is 10.2 Å². The number of carbonyl (C=O) groups excluding carboxylic acids is 1. The highest BCUT2D eigenvalue weighted by atomic mass is 32.2. The quantitative estimate of drug-likeness (QED) is 0.579. The van der Waals surface area contributed by atoms with Crippen molar-refractivity contribution in [2.75, 3.05) is 38.7 Å². The number of terminal acetylenes is 1. The Kier molecular flexibility index (Phi) is 5.97. The summed E-state index contributed by atoms with van der Waals surface area (Å²) in [6.07, 6.45) is 6.13. The van der Waals surface area contributed by atoms with Gasteiger partial charge in [0.25, 0.3) is 0 Å². The number of hydrogen-bond donors (Lipinski definition) is 1. The van der Waals surface area contributed by atoms with Gasteiger partial charge in [0.05, 0.1) is 18.8 Å². The lowest BCUT2D eigenvalue weighted by Gasteiger charge is -2.14. The second-order valence-electron chi connectivity index (χ2n) is 3.35. The molecule has 1 amide bonds. The predicted molar refractivity (Wildman–Crippen MR) is 59.1 cm³/mol. The Morgan fingerprint density at radius 2 is 2.13 bits per heavy atom. The molecule has 0 aliphatic heterocycles. The molecule has 0 radical (unpaired) electrons. The molecule has 0 aliphatic rings. The largest absolute Gasteiger partial charge is 0.344 e. The van der Waals surface area contributed by atoms with Crippen molar-refractivity contribution in [1.29, 1.82) is 0 Å². The highest BCUT2D eigenvalue weighted by molar-refractivity contribution is 7.90. The SMILES string of the molecule is C#CCNC(=O)CN(C)CCS(C)(=O)=O. The van der Waals surface area contributed by atoms with Gasteiger partial charge in [-0.2, -0.15) is 0 Å². The summed E-state index contributed by atoms with van der Waals surface area (Å²) in [5, 5.41) is 2.49. The third kappa shape index (κ3) is 9.25. The molecule has 0 saturated heterocycles. The fourth-order valence-corrected chi connectivity index (χ4v) is 1.49. The lowest BCUT2D eigenvalue weighted by Crippen LogP contribution is -2.37. The van der Waals surface area contributed by atoms with Crippen LogP contribution in [0.1, 0.15) is 0 Å². The van der Waals surface area contributed by atoms with Gasteiger partial charge in [-0.3, -0.25) is 9.69 Å². The zero-order valence-corrected chi connectivity index (χ0v) is 9.80. The molecule has 0 unspecified atom stereocenters. The summed E-state index contributed by atoms with van der Waals surface area (Å²) >= 11 is 0. The third-order valence-corrected chi connectivity index (χ3v) is 2.57. The van der Waals surface area contributed by atoms with Gasteiger partial charge in [-0.1, -0.05) is 5.92 Å². The van der Waals surface area contributed by atoms with Gasteiger partial charge in [0.1, 0.15) is 9.84 Å². The van der Waals surface area contributed by atoms with E-state index in [1.54, 1.807) is 11.9 Å². The standard InChI is InChI=1S/C9H16N2O3S/c1-4-5-10-9(12)8-11(2)6-7-15(3,13)14/h1H,5-8H2,2-3H3,(H,10,12). The van der Waals surface area contributed by atoms with Crippen molar-refractivity contribution in [3.05, 3.63) is 0 Å². The predicted octanol–water partition coefficient (Wildman–Crippen LogP) is -1.29. The van der Waals surface area contributed by atoms with E-state index in [9.17, 15) is 13.2 Å². The smallest absolute Gasteiger partial charge is 0.234 e. The number of carbonyl (C=O) groups is 1. The van der Waals surface area contributed by atoms with Crippen LogP contribution in [0.3, 0.4) is 0 Å². The van der Waals surface area contributed by atoms with Gasteiger partial charge in [-0.05, 0) is 7.05 Å². The molecular weight excluding hydrogens is 216 g/mol. The molecule has 0 aromatic heterocycles. The first-order valence-corrected chi connectivity index (χ1v) is 6.47. The minimum atomic E-state index is -2.98. The van der Waals surface area contributed by atoms with Crippen LogP contribution in [0.15, 0.2) is 0 Å². The van der Waals surface area contributed by atoms with Crippen LogP contribution in [-0.2, 0) is 14.6 Å². The summed E-state index contributed by atoms with van der Waals surface area (Å²) < 4.78 is 21.7. The Bertz CT molecular complexity index is 343. The first-order chi connectivity index (χ1) is 6.85. The summed E-state index contributed by atoms with van der Waals surface area (Å²) in [5.74, 6) is 2.12. The number of amides is 1. The van der Waals surface area contributed by atoms with Crippen LogP contribution in [-0.4, -0.2) is 57.9 Å². The van der Waals surface area contributed by atoms with Gasteiger partial charge >= 0.3 is 0 Å². The highest BCUT2D eigenvalue weighted by Crippen LogP contribution is 1.87. The average molecular weight is 232 g/mol. The summed E-state index contributed by atoms with van der Waals surface area (Å²) in [6, 6.07) is 0. The molecule has 0 atom stereocenters. The molecule has 0 aromatic carbocycles. The first-order valence-electron chi connectivity index (χ1n) is 4.41. The molecule has 0 spiro atoms. The molecule has 0 bridgehead atoms. The average Bonchev–Trinajstić information content (AvgIpc) is 2.10. The molecule has 5 nitrogen and oxygen atoms in total. The van der Waals surface area contributed by atoms with Crippen molar-refractivity contribution in [3.63, 3.8) is 0 Å². The molecule has 86 valence electrons. The van der Waals surface area contributed by atoms with Gasteiger partial charge in [0, 0.05) is 12.8 Å². The van der Waals surface area contributed by atoms with E-state index in [1.807, 2.05) is 0 Å². The first kappa shape index (κ1) is 13.9. The third-order valence-electron chi connectivity index (χ3n) is 1.64. The van der Waals surface area contributed by atoms with Crippen molar-refractivity contribution >= 4 is 15.7 Å². The van der Waals surface area contributed by atoms with E-state index in [-0.39, 0.29) is 24.7 Å². The Hall–Kier alpha value is -1.06. The monoisotopic (exact) mass is 232 g/mol. The molecule has 1 N–H and O–H groups in total. The second kappa shape index (κ2) is 6.43. The van der Waals surface area contributed by atoms with Gasteiger partial charge in [0.15, 0.2) is 0 Å². The van der Waals surface area contributed by atoms with E-state index in [1.165, 1.54) is 6.26 Å². The van der Waals surface area contributed by atoms with Crippen LogP contribution >= 0.6 is 0 Å². The highest BCUT2D eigenvalue weighted by Gasteiger charge is 2.08. The second-order valence-corrected chi connectivity index (χ2v) is 5.61. The van der Waals surface area contributed by atoms with Crippen LogP contribution in [0, 0.1) is 12.3 Å². The maximum absolute atomic E-state index is 11.1. The molecule has 0 aromatic rings. The molecule has 0 saturated carbocycles. The molecule has 6 heteroatoms. The number of hydrogen-bond acceptors (Lipinski definition) is 4. The van der Waals surface area contributed by atoms with E-state index in [0.717, 1.165) is 0 Å². The lowest BCUT2D eigenvalue weighted by molar-refractivity contribution is -0.121. The zero-order chi connectivity index (χ0) is 11.9. The van der Waals surface area contributed by atoms with E-state index in [4.69, 9.17) is 6.42 Å². The van der Waals surface area contributed by atoms with E-state index >= 15 is 0 Å². The molecule has 0 fully saturated rings. The van der Waals surface area contributed by atoms with Gasteiger partial charge in [0.2, 0.25) is 5.91 Å².